The van der Waals surface area contributed by atoms with E-state index >= 15 is 0 Å². The molecule has 48 heavy (non-hydrogen) atoms. The number of nitrogens with two attached hydrogens (primary N) is 2. The summed E-state index contributed by atoms with van der Waals surface area (Å²) in [5, 5.41) is 21.5. The molecule has 0 fully saturated rings. The van der Waals surface area contributed by atoms with Gasteiger partial charge in [-0.25, -0.2) is 14.8 Å². The van der Waals surface area contributed by atoms with Gasteiger partial charge in [-0.05, 0) is 68.9 Å². The number of hydrogen-bond acceptors (Lipinski definition) is 11. The maximum atomic E-state index is 13.4. The number of phenolic OH excluding ortho intramolecular Hbond substituents is 1. The summed E-state index contributed by atoms with van der Waals surface area (Å²) in [5.74, 6) is 0.251. The van der Waals surface area contributed by atoms with Gasteiger partial charge in [0.2, 0.25) is 0 Å². The van der Waals surface area contributed by atoms with Gasteiger partial charge >= 0.3 is 5.97 Å². The second kappa shape index (κ2) is 14.5. The van der Waals surface area contributed by atoms with Crippen LogP contribution in [0.3, 0.4) is 0 Å². The van der Waals surface area contributed by atoms with E-state index < -0.39 is 29.7 Å². The van der Waals surface area contributed by atoms with Crippen LogP contribution in [-0.4, -0.2) is 37.9 Å². The van der Waals surface area contributed by atoms with E-state index in [2.05, 4.69) is 16.9 Å². The number of benzene rings is 1. The molecule has 0 bridgehead atoms. The highest BCUT2D eigenvalue weighted by atomic mass is 16.6. The first-order valence-corrected chi connectivity index (χ1v) is 16.4. The molecule has 4 heterocycles. The number of unbranched alkanes of at least 4 members (excludes halogenated alkanes) is 2. The molecule has 6 N–H and O–H groups in total. The van der Waals surface area contributed by atoms with Crippen LogP contribution in [0.2, 0.25) is 0 Å². The molecule has 11 heteroatoms. The zero-order chi connectivity index (χ0) is 34.6. The number of carbonyl (C=O) groups is 1. The van der Waals surface area contributed by atoms with Crippen molar-refractivity contribution in [1.82, 2.24) is 9.97 Å². The maximum absolute atomic E-state index is 13.4. The predicted molar refractivity (Wildman–Crippen MR) is 184 cm³/mol. The smallest absolute Gasteiger partial charge is 0.333 e. The number of nitrogens with zero attached hydrogens (tertiary/aromatic N) is 2. The van der Waals surface area contributed by atoms with Crippen molar-refractivity contribution >= 4 is 28.6 Å². The van der Waals surface area contributed by atoms with E-state index in [4.69, 9.17) is 25.4 Å². The minimum absolute atomic E-state index is 0.0309. The summed E-state index contributed by atoms with van der Waals surface area (Å²) in [6, 6.07) is 8.40. The first-order valence-electron chi connectivity index (χ1n) is 16.4. The standard InChI is InChI=1S/C37H44N4O7/c1-5-7-8-9-23(24-10-11-30(38)41-19-24)18-37(4)29(47-36(45)21(3)6-2)17-26-33(44)32-28(43)16-25(20-42)46-35(32)27(34(26)48-37)14-22-12-13-40-31(39)15-22/h6,10-13,15-16,19,23,29,42,44H,5,7-9,14,17-18,20H2,1-4H3,(H2,38,41)(H2,39,40). The zero-order valence-corrected chi connectivity index (χ0v) is 27.9. The lowest BCUT2D eigenvalue weighted by atomic mass is 9.77. The van der Waals surface area contributed by atoms with Gasteiger partial charge in [-0.1, -0.05) is 38.3 Å². The molecule has 0 saturated heterocycles. The van der Waals surface area contributed by atoms with Gasteiger partial charge in [0.1, 0.15) is 58.2 Å². The summed E-state index contributed by atoms with van der Waals surface area (Å²) in [5.41, 5.74) is 13.4. The first kappa shape index (κ1) is 34.4. The van der Waals surface area contributed by atoms with Gasteiger partial charge in [-0.3, -0.25) is 4.79 Å². The van der Waals surface area contributed by atoms with Gasteiger partial charge in [-0.15, -0.1) is 0 Å². The van der Waals surface area contributed by atoms with Crippen molar-refractivity contribution in [3.8, 4) is 11.5 Å². The monoisotopic (exact) mass is 656 g/mol. The molecule has 3 aromatic heterocycles. The van der Waals surface area contributed by atoms with Crippen molar-refractivity contribution in [2.45, 2.75) is 96.9 Å². The Labute approximate surface area is 279 Å². The highest BCUT2D eigenvalue weighted by Gasteiger charge is 2.47. The number of phenols is 1. The number of aliphatic hydroxyl groups is 1. The van der Waals surface area contributed by atoms with Crippen LogP contribution < -0.4 is 21.6 Å². The number of aromatic nitrogens is 2. The molecule has 1 aliphatic heterocycles. The number of fused-ring (bicyclic) bond motifs is 2. The first-order chi connectivity index (χ1) is 23.0. The Bertz CT molecular complexity index is 1890. The van der Waals surface area contributed by atoms with Gasteiger partial charge in [0.25, 0.3) is 0 Å². The number of ether oxygens (including phenoxy) is 2. The molecule has 0 amide bonds. The van der Waals surface area contributed by atoms with Crippen molar-refractivity contribution in [3.05, 3.63) is 92.6 Å². The molecule has 11 nitrogen and oxygen atoms in total. The van der Waals surface area contributed by atoms with Crippen LogP contribution in [0, 0.1) is 0 Å². The molecule has 0 spiro atoms. The van der Waals surface area contributed by atoms with E-state index in [0.717, 1.165) is 42.9 Å². The lowest BCUT2D eigenvalue weighted by Crippen LogP contribution is -2.52. The van der Waals surface area contributed by atoms with Crippen LogP contribution >= 0.6 is 0 Å². The van der Waals surface area contributed by atoms with E-state index in [-0.39, 0.29) is 41.2 Å². The van der Waals surface area contributed by atoms with E-state index in [1.54, 1.807) is 50.5 Å². The number of aromatic hydroxyl groups is 1. The molecule has 0 aliphatic carbocycles. The van der Waals surface area contributed by atoms with Crippen LogP contribution in [0.5, 0.6) is 11.5 Å². The summed E-state index contributed by atoms with van der Waals surface area (Å²) >= 11 is 0. The number of hydrogen-bond donors (Lipinski definition) is 4. The minimum Gasteiger partial charge on any atom is -0.507 e. The highest BCUT2D eigenvalue weighted by molar-refractivity contribution is 5.91. The molecule has 4 aromatic rings. The Balaban J connectivity index is 1.71. The fraction of sp³-hybridized carbons (Fsp3) is 0.405. The van der Waals surface area contributed by atoms with E-state index in [9.17, 15) is 19.8 Å². The second-order valence-electron chi connectivity index (χ2n) is 12.7. The maximum Gasteiger partial charge on any atom is 0.333 e. The summed E-state index contributed by atoms with van der Waals surface area (Å²) in [4.78, 5) is 35.1. The number of esters is 1. The fourth-order valence-electron chi connectivity index (χ4n) is 6.44. The van der Waals surface area contributed by atoms with Crippen molar-refractivity contribution < 1.29 is 28.9 Å². The number of rotatable bonds is 12. The van der Waals surface area contributed by atoms with Gasteiger partial charge in [0, 0.05) is 48.0 Å². The topological polar surface area (TPSA) is 184 Å². The van der Waals surface area contributed by atoms with Crippen molar-refractivity contribution in [1.29, 1.82) is 0 Å². The lowest BCUT2D eigenvalue weighted by Gasteiger charge is -2.44. The van der Waals surface area contributed by atoms with Gasteiger partial charge in [0.05, 0.1) is 0 Å². The Morgan fingerprint density at radius 1 is 1.19 bits per heavy atom. The number of pyridine rings is 2. The molecule has 1 aliphatic rings. The normalized spacial score (nSPS) is 18.3. The summed E-state index contributed by atoms with van der Waals surface area (Å²) in [6.07, 6.45) is 8.83. The number of carbonyl (C=O) groups excluding carboxylic acids is 1. The third-order valence-electron chi connectivity index (χ3n) is 9.22. The average molecular weight is 657 g/mol. The van der Waals surface area contributed by atoms with Crippen molar-refractivity contribution in [2.75, 3.05) is 11.5 Å². The number of anilines is 2. The highest BCUT2D eigenvalue weighted by Crippen LogP contribution is 2.49. The molecule has 3 atom stereocenters. The van der Waals surface area contributed by atoms with Crippen molar-refractivity contribution in [3.63, 3.8) is 0 Å². The van der Waals surface area contributed by atoms with E-state index in [1.165, 1.54) is 0 Å². The molecule has 254 valence electrons. The third kappa shape index (κ3) is 7.16. The average Bonchev–Trinajstić information content (AvgIpc) is 3.06. The molecule has 1 aromatic carbocycles. The lowest BCUT2D eigenvalue weighted by molar-refractivity contribution is -0.159. The number of aliphatic hydroxyl groups excluding tert-OH is 1. The summed E-state index contributed by atoms with van der Waals surface area (Å²) in [7, 11) is 0. The summed E-state index contributed by atoms with van der Waals surface area (Å²) in [6.45, 7) is 6.98. The van der Waals surface area contributed by atoms with Crippen LogP contribution in [0.25, 0.3) is 11.0 Å². The minimum atomic E-state index is -1.10. The quantitative estimate of drug-likeness (QED) is 0.0813. The molecular formula is C37H44N4O7. The molecular weight excluding hydrogens is 612 g/mol. The van der Waals surface area contributed by atoms with Gasteiger partial charge in [-0.2, -0.15) is 0 Å². The molecule has 3 unspecified atom stereocenters. The zero-order valence-electron chi connectivity index (χ0n) is 27.9. The summed E-state index contributed by atoms with van der Waals surface area (Å²) < 4.78 is 19.2. The van der Waals surface area contributed by atoms with Crippen LogP contribution in [0.4, 0.5) is 11.6 Å². The van der Waals surface area contributed by atoms with E-state index in [0.29, 0.717) is 40.5 Å². The Morgan fingerprint density at radius 3 is 2.65 bits per heavy atom. The molecule has 5 rings (SSSR count). The predicted octanol–water partition coefficient (Wildman–Crippen LogP) is 5.86. The fourth-order valence-corrected chi connectivity index (χ4v) is 6.44. The van der Waals surface area contributed by atoms with Gasteiger partial charge in [0.15, 0.2) is 5.43 Å². The van der Waals surface area contributed by atoms with E-state index in [1.807, 2.05) is 13.0 Å². The van der Waals surface area contributed by atoms with Crippen LogP contribution in [-0.2, 0) is 29.0 Å². The largest absolute Gasteiger partial charge is 0.507 e. The number of nitrogen functional groups attached to an aromatic ring is 2. The van der Waals surface area contributed by atoms with Crippen molar-refractivity contribution in [2.24, 2.45) is 0 Å². The third-order valence-corrected chi connectivity index (χ3v) is 9.22. The Morgan fingerprint density at radius 2 is 1.98 bits per heavy atom. The number of allylic oxidation sites excluding steroid dienone is 1. The SMILES string of the molecule is CC=C(C)C(=O)OC1Cc2c(c(Cc3ccnc(N)c3)c3oc(CO)cc(=O)c3c2O)OC1(C)CC(CCCCC)c1ccc(N)nc1. The Hall–Kier alpha value is -4.90. The van der Waals surface area contributed by atoms with Crippen LogP contribution in [0.1, 0.15) is 93.7 Å². The molecule has 0 saturated carbocycles. The Kier molecular flexibility index (Phi) is 10.4. The second-order valence-corrected chi connectivity index (χ2v) is 12.7. The van der Waals surface area contributed by atoms with Crippen LogP contribution in [0.15, 0.2) is 63.6 Å². The van der Waals surface area contributed by atoms with Gasteiger partial charge < -0.3 is 35.6 Å². The molecule has 0 radical (unpaired) electrons.